The molecule has 1 heterocycles. The Morgan fingerprint density at radius 2 is 1.94 bits per heavy atom. The van der Waals surface area contributed by atoms with E-state index in [0.717, 1.165) is 11.3 Å². The zero-order valence-electron chi connectivity index (χ0n) is 9.42. The number of carbonyl (C=O) groups is 1. The molecule has 86 valence electrons. The van der Waals surface area contributed by atoms with Gasteiger partial charge in [-0.05, 0) is 35.9 Å². The van der Waals surface area contributed by atoms with E-state index in [9.17, 15) is 4.79 Å². The molecular formula is C14H12O3. The third kappa shape index (κ3) is 2.84. The minimum Gasteiger partial charge on any atom is -0.465 e. The van der Waals surface area contributed by atoms with Gasteiger partial charge in [-0.25, -0.2) is 4.79 Å². The lowest BCUT2D eigenvalue weighted by atomic mass is 10.1. The molecule has 0 atom stereocenters. The molecule has 0 fully saturated rings. The summed E-state index contributed by atoms with van der Waals surface area (Å²) >= 11 is 0. The predicted octanol–water partition coefficient (Wildman–Crippen LogP) is 3.24. The van der Waals surface area contributed by atoms with Crippen molar-refractivity contribution in [2.75, 3.05) is 7.11 Å². The Labute approximate surface area is 99.3 Å². The molecule has 0 aliphatic heterocycles. The lowest BCUT2D eigenvalue weighted by molar-refractivity contribution is 0.0601. The van der Waals surface area contributed by atoms with Crippen LogP contribution in [0.3, 0.4) is 0 Å². The topological polar surface area (TPSA) is 39.4 Å². The van der Waals surface area contributed by atoms with Crippen molar-refractivity contribution >= 4 is 18.1 Å². The maximum Gasteiger partial charge on any atom is 0.337 e. The Hall–Kier alpha value is -2.29. The first kappa shape index (κ1) is 11.2. The Balaban J connectivity index is 2.11. The van der Waals surface area contributed by atoms with E-state index in [2.05, 4.69) is 4.74 Å². The summed E-state index contributed by atoms with van der Waals surface area (Å²) in [6, 6.07) is 10.9. The first-order valence-corrected chi connectivity index (χ1v) is 5.19. The average Bonchev–Trinajstić information content (AvgIpc) is 2.89. The van der Waals surface area contributed by atoms with Crippen molar-refractivity contribution in [2.45, 2.75) is 0 Å². The Morgan fingerprint density at radius 3 is 2.53 bits per heavy atom. The molecular weight excluding hydrogens is 216 g/mol. The summed E-state index contributed by atoms with van der Waals surface area (Å²) in [5.41, 5.74) is 1.54. The van der Waals surface area contributed by atoms with E-state index in [1.165, 1.54) is 7.11 Å². The van der Waals surface area contributed by atoms with Crippen LogP contribution in [-0.4, -0.2) is 13.1 Å². The van der Waals surface area contributed by atoms with Crippen LogP contribution in [0.5, 0.6) is 0 Å². The van der Waals surface area contributed by atoms with Crippen LogP contribution >= 0.6 is 0 Å². The average molecular weight is 228 g/mol. The highest BCUT2D eigenvalue weighted by Gasteiger charge is 2.02. The van der Waals surface area contributed by atoms with E-state index >= 15 is 0 Å². The number of carbonyl (C=O) groups excluding carboxylic acids is 1. The second-order valence-corrected chi connectivity index (χ2v) is 3.46. The molecule has 0 bridgehead atoms. The smallest absolute Gasteiger partial charge is 0.337 e. The Morgan fingerprint density at radius 1 is 1.18 bits per heavy atom. The molecule has 0 N–H and O–H groups in total. The molecule has 1 aromatic carbocycles. The van der Waals surface area contributed by atoms with E-state index in [1.54, 1.807) is 18.4 Å². The second-order valence-electron chi connectivity index (χ2n) is 3.46. The van der Waals surface area contributed by atoms with Gasteiger partial charge >= 0.3 is 5.97 Å². The summed E-state index contributed by atoms with van der Waals surface area (Å²) in [6.07, 6.45) is 5.41. The van der Waals surface area contributed by atoms with Gasteiger partial charge < -0.3 is 9.15 Å². The van der Waals surface area contributed by atoms with Crippen LogP contribution < -0.4 is 0 Å². The summed E-state index contributed by atoms with van der Waals surface area (Å²) in [5.74, 6) is 0.466. The summed E-state index contributed by atoms with van der Waals surface area (Å²) < 4.78 is 9.80. The molecule has 3 heteroatoms. The number of methoxy groups -OCH3 is 1. The van der Waals surface area contributed by atoms with E-state index in [0.29, 0.717) is 5.56 Å². The fourth-order valence-electron chi connectivity index (χ4n) is 1.41. The van der Waals surface area contributed by atoms with Crippen molar-refractivity contribution < 1.29 is 13.9 Å². The van der Waals surface area contributed by atoms with E-state index < -0.39 is 0 Å². The minimum atomic E-state index is -0.327. The van der Waals surface area contributed by atoms with Gasteiger partial charge in [0.15, 0.2) is 0 Å². The fraction of sp³-hybridized carbons (Fsp3) is 0.0714. The third-order valence-corrected chi connectivity index (χ3v) is 2.32. The van der Waals surface area contributed by atoms with Crippen molar-refractivity contribution in [3.63, 3.8) is 0 Å². The summed E-state index contributed by atoms with van der Waals surface area (Å²) in [7, 11) is 1.37. The zero-order chi connectivity index (χ0) is 12.1. The van der Waals surface area contributed by atoms with Crippen LogP contribution in [0.2, 0.25) is 0 Å². The number of furan rings is 1. The Bertz CT molecular complexity index is 507. The van der Waals surface area contributed by atoms with Gasteiger partial charge in [-0.1, -0.05) is 18.2 Å². The molecule has 0 unspecified atom stereocenters. The molecule has 2 aromatic rings. The van der Waals surface area contributed by atoms with Gasteiger partial charge in [0.25, 0.3) is 0 Å². The van der Waals surface area contributed by atoms with E-state index in [1.807, 2.05) is 36.4 Å². The highest BCUT2D eigenvalue weighted by Crippen LogP contribution is 2.10. The van der Waals surface area contributed by atoms with Crippen molar-refractivity contribution in [1.82, 2.24) is 0 Å². The van der Waals surface area contributed by atoms with Crippen molar-refractivity contribution in [3.05, 3.63) is 59.5 Å². The minimum absolute atomic E-state index is 0.327. The zero-order valence-corrected chi connectivity index (χ0v) is 9.42. The molecule has 0 radical (unpaired) electrons. The predicted molar refractivity (Wildman–Crippen MR) is 65.4 cm³/mol. The van der Waals surface area contributed by atoms with Crippen LogP contribution in [0.15, 0.2) is 47.1 Å². The van der Waals surface area contributed by atoms with Crippen molar-refractivity contribution in [1.29, 1.82) is 0 Å². The van der Waals surface area contributed by atoms with Gasteiger partial charge in [-0.2, -0.15) is 0 Å². The molecule has 0 saturated carbocycles. The maximum atomic E-state index is 11.2. The highest BCUT2D eigenvalue weighted by atomic mass is 16.5. The molecule has 2 rings (SSSR count). The van der Waals surface area contributed by atoms with Crippen LogP contribution in [0, 0.1) is 0 Å². The largest absolute Gasteiger partial charge is 0.465 e. The lowest BCUT2D eigenvalue weighted by Gasteiger charge is -1.98. The van der Waals surface area contributed by atoms with Crippen molar-refractivity contribution in [2.24, 2.45) is 0 Å². The molecule has 0 saturated heterocycles. The maximum absolute atomic E-state index is 11.2. The lowest BCUT2D eigenvalue weighted by Crippen LogP contribution is -2.00. The second kappa shape index (κ2) is 5.16. The number of hydrogen-bond acceptors (Lipinski definition) is 3. The van der Waals surface area contributed by atoms with Gasteiger partial charge in [0.2, 0.25) is 0 Å². The normalized spacial score (nSPS) is 10.6. The molecule has 0 amide bonds. The monoisotopic (exact) mass is 228 g/mol. The molecule has 3 nitrogen and oxygen atoms in total. The number of esters is 1. The quantitative estimate of drug-likeness (QED) is 0.757. The summed E-state index contributed by atoms with van der Waals surface area (Å²) in [5, 5.41) is 0. The van der Waals surface area contributed by atoms with Gasteiger partial charge in [0.1, 0.15) is 5.76 Å². The van der Waals surface area contributed by atoms with E-state index in [4.69, 9.17) is 4.42 Å². The van der Waals surface area contributed by atoms with Crippen molar-refractivity contribution in [3.8, 4) is 0 Å². The standard InChI is InChI=1S/C14H12O3/c1-16-14(15)12-7-4-11(5-8-12)6-9-13-3-2-10-17-13/h2-10H,1H3/b9-6+. The van der Waals surface area contributed by atoms with Gasteiger partial charge in [0.05, 0.1) is 18.9 Å². The van der Waals surface area contributed by atoms with Crippen LogP contribution in [0.25, 0.3) is 12.2 Å². The first-order valence-electron chi connectivity index (χ1n) is 5.19. The molecule has 17 heavy (non-hydrogen) atoms. The molecule has 0 aliphatic carbocycles. The van der Waals surface area contributed by atoms with Crippen LogP contribution in [0.4, 0.5) is 0 Å². The third-order valence-electron chi connectivity index (χ3n) is 2.32. The van der Waals surface area contributed by atoms with Gasteiger partial charge in [-0.15, -0.1) is 0 Å². The summed E-state index contributed by atoms with van der Waals surface area (Å²) in [4.78, 5) is 11.2. The van der Waals surface area contributed by atoms with Crippen LogP contribution in [0.1, 0.15) is 21.7 Å². The summed E-state index contributed by atoms with van der Waals surface area (Å²) in [6.45, 7) is 0. The van der Waals surface area contributed by atoms with Gasteiger partial charge in [-0.3, -0.25) is 0 Å². The van der Waals surface area contributed by atoms with Gasteiger partial charge in [0, 0.05) is 0 Å². The SMILES string of the molecule is COC(=O)c1ccc(/C=C/c2ccco2)cc1. The number of benzene rings is 1. The molecule has 0 aliphatic rings. The number of hydrogen-bond donors (Lipinski definition) is 0. The fourth-order valence-corrected chi connectivity index (χ4v) is 1.41. The molecule has 1 aromatic heterocycles. The first-order chi connectivity index (χ1) is 8.29. The number of rotatable bonds is 3. The van der Waals surface area contributed by atoms with E-state index in [-0.39, 0.29) is 5.97 Å². The Kier molecular flexibility index (Phi) is 3.40. The highest BCUT2D eigenvalue weighted by molar-refractivity contribution is 5.89. The molecule has 0 spiro atoms. The number of ether oxygens (including phenoxy) is 1. The van der Waals surface area contributed by atoms with Crippen LogP contribution in [-0.2, 0) is 4.74 Å².